The summed E-state index contributed by atoms with van der Waals surface area (Å²) in [6.07, 6.45) is 4.69. The van der Waals surface area contributed by atoms with Gasteiger partial charge in [-0.25, -0.2) is 4.98 Å². The van der Waals surface area contributed by atoms with Gasteiger partial charge in [0, 0.05) is 27.9 Å². The van der Waals surface area contributed by atoms with Gasteiger partial charge in [-0.15, -0.1) is 11.3 Å². The molecule has 0 radical (unpaired) electrons. The number of H-pyrrole nitrogens is 1. The minimum atomic E-state index is -0.214. The first kappa shape index (κ1) is 14.6. The highest BCUT2D eigenvalue weighted by molar-refractivity contribution is 7.17. The van der Waals surface area contributed by atoms with Crippen molar-refractivity contribution in [2.24, 2.45) is 5.10 Å². The molecule has 120 valence electrons. The molecular formula is C17H14N4O2S. The second kappa shape index (κ2) is 5.61. The lowest BCUT2D eigenvalue weighted by molar-refractivity contribution is 0.583. The molecule has 0 aliphatic heterocycles. The molecule has 0 bridgehead atoms. The van der Waals surface area contributed by atoms with E-state index in [1.165, 1.54) is 22.3 Å². The summed E-state index contributed by atoms with van der Waals surface area (Å²) in [5, 5.41) is 6.68. The summed E-state index contributed by atoms with van der Waals surface area (Å²) in [4.78, 5) is 21.0. The maximum absolute atomic E-state index is 12.8. The maximum Gasteiger partial charge on any atom is 0.283 e. The van der Waals surface area contributed by atoms with Crippen molar-refractivity contribution in [1.82, 2.24) is 14.6 Å². The third kappa shape index (κ3) is 2.39. The van der Waals surface area contributed by atoms with E-state index in [0.717, 1.165) is 22.5 Å². The van der Waals surface area contributed by atoms with Gasteiger partial charge in [-0.2, -0.15) is 9.78 Å². The number of aryl methyl sites for hydroxylation is 2. The quantitative estimate of drug-likeness (QED) is 0.580. The first-order valence-corrected chi connectivity index (χ1v) is 8.25. The van der Waals surface area contributed by atoms with E-state index in [2.05, 4.69) is 15.1 Å². The van der Waals surface area contributed by atoms with Crippen LogP contribution in [0.25, 0.3) is 21.5 Å². The second-order valence-electron chi connectivity index (χ2n) is 5.48. The summed E-state index contributed by atoms with van der Waals surface area (Å²) >= 11 is 1.41. The third-order valence-electron chi connectivity index (χ3n) is 3.78. The van der Waals surface area contributed by atoms with Crippen LogP contribution in [-0.4, -0.2) is 20.9 Å². The molecule has 4 aromatic rings. The van der Waals surface area contributed by atoms with E-state index >= 15 is 0 Å². The van der Waals surface area contributed by atoms with Gasteiger partial charge in [-0.1, -0.05) is 0 Å². The third-order valence-corrected chi connectivity index (χ3v) is 4.66. The summed E-state index contributed by atoms with van der Waals surface area (Å²) in [5.74, 6) is 0.652. The molecule has 0 unspecified atom stereocenters. The van der Waals surface area contributed by atoms with Gasteiger partial charge < -0.3 is 9.40 Å². The average Bonchev–Trinajstić information content (AvgIpc) is 3.26. The van der Waals surface area contributed by atoms with Crippen molar-refractivity contribution in [3.05, 3.63) is 63.5 Å². The zero-order valence-corrected chi connectivity index (χ0v) is 13.9. The van der Waals surface area contributed by atoms with Crippen molar-refractivity contribution in [3.63, 3.8) is 0 Å². The monoisotopic (exact) mass is 338 g/mol. The van der Waals surface area contributed by atoms with Crippen LogP contribution in [0.15, 0.2) is 50.5 Å². The van der Waals surface area contributed by atoms with Crippen LogP contribution in [0, 0.1) is 13.8 Å². The largest absolute Gasteiger partial charge is 0.464 e. The second-order valence-corrected chi connectivity index (χ2v) is 6.34. The zero-order chi connectivity index (χ0) is 16.7. The number of fused-ring (bicyclic) bond motifs is 1. The summed E-state index contributed by atoms with van der Waals surface area (Å²) in [6.45, 7) is 3.94. The van der Waals surface area contributed by atoms with Gasteiger partial charge in [0.2, 0.25) is 0 Å². The Balaban J connectivity index is 1.83. The number of hydrogen-bond acceptors (Lipinski definition) is 5. The topological polar surface area (TPSA) is 76.2 Å². The molecule has 0 saturated carbocycles. The number of aromatic amines is 1. The van der Waals surface area contributed by atoms with Gasteiger partial charge >= 0.3 is 0 Å². The Morgan fingerprint density at radius 1 is 1.42 bits per heavy atom. The van der Waals surface area contributed by atoms with Crippen molar-refractivity contribution < 1.29 is 4.42 Å². The molecule has 6 nitrogen and oxygen atoms in total. The van der Waals surface area contributed by atoms with Crippen molar-refractivity contribution in [3.8, 4) is 11.3 Å². The van der Waals surface area contributed by atoms with Crippen molar-refractivity contribution >= 4 is 27.8 Å². The minimum Gasteiger partial charge on any atom is -0.464 e. The van der Waals surface area contributed by atoms with Crippen molar-refractivity contribution in [2.75, 3.05) is 0 Å². The Morgan fingerprint density at radius 3 is 3.00 bits per heavy atom. The Kier molecular flexibility index (Phi) is 3.42. The van der Waals surface area contributed by atoms with Gasteiger partial charge in [-0.3, -0.25) is 4.79 Å². The van der Waals surface area contributed by atoms with Crippen LogP contribution >= 0.6 is 11.3 Å². The Hall–Kier alpha value is -2.93. The first-order valence-electron chi connectivity index (χ1n) is 7.37. The number of aromatic nitrogens is 3. The van der Waals surface area contributed by atoms with E-state index < -0.39 is 0 Å². The fraction of sp³-hybridized carbons (Fsp3) is 0.118. The molecule has 0 fully saturated rings. The Morgan fingerprint density at radius 2 is 2.29 bits per heavy atom. The molecule has 24 heavy (non-hydrogen) atoms. The highest BCUT2D eigenvalue weighted by Gasteiger charge is 2.14. The van der Waals surface area contributed by atoms with E-state index in [0.29, 0.717) is 16.0 Å². The standard InChI is InChI=1S/C17H14N4O2S/c1-10-6-12(11(2)20-10)7-19-21-9-18-16-15(17(21)22)13(8-24-16)14-4-3-5-23-14/h3-9,20H,1-2H3/b19-7+. The summed E-state index contributed by atoms with van der Waals surface area (Å²) in [5.41, 5.74) is 3.53. The molecule has 0 atom stereocenters. The predicted octanol–water partition coefficient (Wildman–Crippen LogP) is 3.55. The number of furan rings is 1. The van der Waals surface area contributed by atoms with Gasteiger partial charge in [0.15, 0.2) is 0 Å². The van der Waals surface area contributed by atoms with Crippen LogP contribution in [0.1, 0.15) is 17.0 Å². The fourth-order valence-electron chi connectivity index (χ4n) is 2.62. The molecule has 4 heterocycles. The van der Waals surface area contributed by atoms with E-state index in [4.69, 9.17) is 4.42 Å². The van der Waals surface area contributed by atoms with Gasteiger partial charge in [-0.05, 0) is 32.0 Å². The van der Waals surface area contributed by atoms with Crippen molar-refractivity contribution in [1.29, 1.82) is 0 Å². The van der Waals surface area contributed by atoms with Crippen LogP contribution in [0.3, 0.4) is 0 Å². The number of hydrogen-bond donors (Lipinski definition) is 1. The van der Waals surface area contributed by atoms with Crippen LogP contribution in [0.4, 0.5) is 0 Å². The van der Waals surface area contributed by atoms with Crippen LogP contribution in [0.2, 0.25) is 0 Å². The minimum absolute atomic E-state index is 0.214. The normalized spacial score (nSPS) is 11.8. The van der Waals surface area contributed by atoms with E-state index in [-0.39, 0.29) is 5.56 Å². The number of nitrogens with one attached hydrogen (secondary N) is 1. The summed E-state index contributed by atoms with van der Waals surface area (Å²) in [6, 6.07) is 5.60. The van der Waals surface area contributed by atoms with Gasteiger partial charge in [0.05, 0.1) is 17.9 Å². The lowest BCUT2D eigenvalue weighted by Crippen LogP contribution is -2.16. The summed E-state index contributed by atoms with van der Waals surface area (Å²) < 4.78 is 6.67. The van der Waals surface area contributed by atoms with Crippen LogP contribution in [-0.2, 0) is 0 Å². The fourth-order valence-corrected chi connectivity index (χ4v) is 3.51. The number of rotatable bonds is 3. The Labute approximate surface area is 141 Å². The maximum atomic E-state index is 12.8. The lowest BCUT2D eigenvalue weighted by atomic mass is 10.2. The Bertz CT molecular complexity index is 1100. The summed E-state index contributed by atoms with van der Waals surface area (Å²) in [7, 11) is 0. The molecular weight excluding hydrogens is 324 g/mol. The molecule has 1 N–H and O–H groups in total. The molecule has 4 rings (SSSR count). The molecule has 0 spiro atoms. The van der Waals surface area contributed by atoms with Crippen molar-refractivity contribution in [2.45, 2.75) is 13.8 Å². The molecule has 7 heteroatoms. The van der Waals surface area contributed by atoms with Crippen LogP contribution < -0.4 is 5.56 Å². The number of nitrogens with zero attached hydrogens (tertiary/aromatic N) is 3. The average molecular weight is 338 g/mol. The SMILES string of the molecule is Cc1cc(/C=N/n2cnc3scc(-c4ccco4)c3c2=O)c(C)[nH]1. The molecule has 4 aromatic heterocycles. The van der Waals surface area contributed by atoms with Gasteiger partial charge in [0.1, 0.15) is 16.9 Å². The highest BCUT2D eigenvalue weighted by atomic mass is 32.1. The van der Waals surface area contributed by atoms with E-state index in [1.54, 1.807) is 18.5 Å². The van der Waals surface area contributed by atoms with Gasteiger partial charge in [0.25, 0.3) is 5.56 Å². The number of thiophene rings is 1. The molecule has 0 aromatic carbocycles. The predicted molar refractivity (Wildman–Crippen MR) is 94.8 cm³/mol. The van der Waals surface area contributed by atoms with E-state index in [1.807, 2.05) is 31.4 Å². The first-order chi connectivity index (χ1) is 11.6. The molecule has 0 aliphatic rings. The van der Waals surface area contributed by atoms with E-state index in [9.17, 15) is 4.79 Å². The molecule has 0 saturated heterocycles. The lowest BCUT2D eigenvalue weighted by Gasteiger charge is -1.99. The smallest absolute Gasteiger partial charge is 0.283 e. The molecule has 0 aliphatic carbocycles. The highest BCUT2D eigenvalue weighted by Crippen LogP contribution is 2.30. The molecule has 0 amide bonds. The zero-order valence-electron chi connectivity index (χ0n) is 13.1. The van der Waals surface area contributed by atoms with Crippen LogP contribution in [0.5, 0.6) is 0 Å².